The van der Waals surface area contributed by atoms with E-state index in [1.165, 1.54) is 20.9 Å². The lowest BCUT2D eigenvalue weighted by Gasteiger charge is -2.32. The molecule has 5 rings (SSSR count). The van der Waals surface area contributed by atoms with Gasteiger partial charge in [-0.05, 0) is 55.7 Å². The summed E-state index contributed by atoms with van der Waals surface area (Å²) in [6, 6.07) is 2.07. The number of aryl methyl sites for hydroxylation is 2. The Kier molecular flexibility index (Phi) is 5.86. The number of thiophene rings is 2. The number of aromatic nitrogens is 2. The molecule has 168 valence electrons. The van der Waals surface area contributed by atoms with Crippen LogP contribution in [-0.4, -0.2) is 53.0 Å². The van der Waals surface area contributed by atoms with E-state index < -0.39 is 0 Å². The highest BCUT2D eigenvalue weighted by atomic mass is 32.1. The van der Waals surface area contributed by atoms with Crippen LogP contribution in [0.1, 0.15) is 33.7 Å². The number of esters is 1. The number of carbonyl (C=O) groups excluding carboxylic acids is 2. The van der Waals surface area contributed by atoms with Gasteiger partial charge in [-0.1, -0.05) is 0 Å². The van der Waals surface area contributed by atoms with E-state index in [9.17, 15) is 9.59 Å². The Bertz CT molecular complexity index is 1160. The maximum Gasteiger partial charge on any atom is 0.309 e. The molecule has 0 aromatic carbocycles. The van der Waals surface area contributed by atoms with Crippen LogP contribution in [0.15, 0.2) is 17.8 Å². The van der Waals surface area contributed by atoms with Gasteiger partial charge in [-0.15, -0.1) is 22.7 Å². The van der Waals surface area contributed by atoms with Gasteiger partial charge in [0.05, 0.1) is 11.3 Å². The Morgan fingerprint density at radius 2 is 2.00 bits per heavy atom. The smallest absolute Gasteiger partial charge is 0.309 e. The van der Waals surface area contributed by atoms with E-state index in [0.717, 1.165) is 35.5 Å². The van der Waals surface area contributed by atoms with E-state index in [2.05, 4.69) is 40.2 Å². The van der Waals surface area contributed by atoms with Crippen molar-refractivity contribution in [3.05, 3.63) is 38.7 Å². The third kappa shape index (κ3) is 3.99. The van der Waals surface area contributed by atoms with Crippen LogP contribution in [0.3, 0.4) is 0 Å². The number of fused-ring (bicyclic) bond motifs is 2. The third-order valence-corrected chi connectivity index (χ3v) is 8.71. The molecule has 0 spiro atoms. The van der Waals surface area contributed by atoms with Crippen molar-refractivity contribution in [2.75, 3.05) is 31.1 Å². The first kappa shape index (κ1) is 21.3. The molecule has 9 heteroatoms. The molecule has 32 heavy (non-hydrogen) atoms. The number of ether oxygens (including phenoxy) is 1. The molecule has 7 nitrogen and oxygen atoms in total. The average molecular weight is 471 g/mol. The highest BCUT2D eigenvalue weighted by molar-refractivity contribution is 7.18. The second kappa shape index (κ2) is 8.78. The van der Waals surface area contributed by atoms with Crippen LogP contribution in [0, 0.1) is 19.8 Å². The number of hydrogen-bond acceptors (Lipinski definition) is 8. The van der Waals surface area contributed by atoms with E-state index in [1.807, 2.05) is 0 Å². The summed E-state index contributed by atoms with van der Waals surface area (Å²) < 4.78 is 5.43. The number of anilines is 1. The van der Waals surface area contributed by atoms with Gasteiger partial charge in [0.25, 0.3) is 5.91 Å². The molecule has 3 aromatic rings. The van der Waals surface area contributed by atoms with E-state index in [4.69, 9.17) is 4.74 Å². The summed E-state index contributed by atoms with van der Waals surface area (Å²) in [6.07, 6.45) is 3.90. The minimum Gasteiger partial charge on any atom is -0.455 e. The topological polar surface area (TPSA) is 75.6 Å². The van der Waals surface area contributed by atoms with Crippen molar-refractivity contribution in [3.8, 4) is 0 Å². The summed E-state index contributed by atoms with van der Waals surface area (Å²) in [5, 5.41) is 3.19. The molecule has 5 heterocycles. The second-order valence-electron chi connectivity index (χ2n) is 8.46. The number of hydrogen-bond donors (Lipinski definition) is 0. The average Bonchev–Trinajstić information content (AvgIpc) is 3.40. The molecule has 1 fully saturated rings. The molecule has 1 amide bonds. The highest BCUT2D eigenvalue weighted by Crippen LogP contribution is 2.35. The van der Waals surface area contributed by atoms with Crippen molar-refractivity contribution in [1.29, 1.82) is 0 Å². The fourth-order valence-corrected chi connectivity index (χ4v) is 6.42. The summed E-state index contributed by atoms with van der Waals surface area (Å²) in [5.74, 6) is 0.407. The lowest BCUT2D eigenvalue weighted by molar-refractivity contribution is -0.156. The predicted octanol–water partition coefficient (Wildman–Crippen LogP) is 3.71. The fraction of sp³-hybridized carbons (Fsp3) is 0.478. The first-order valence-electron chi connectivity index (χ1n) is 11.0. The normalized spacial score (nSPS) is 16.9. The summed E-state index contributed by atoms with van der Waals surface area (Å²) in [4.78, 5) is 41.8. The Morgan fingerprint density at radius 3 is 2.81 bits per heavy atom. The molecule has 0 unspecified atom stereocenters. The van der Waals surface area contributed by atoms with Crippen LogP contribution in [0.4, 0.5) is 5.82 Å². The van der Waals surface area contributed by atoms with Crippen LogP contribution in [0.2, 0.25) is 0 Å². The molecule has 3 aromatic heterocycles. The predicted molar refractivity (Wildman–Crippen MR) is 126 cm³/mol. The summed E-state index contributed by atoms with van der Waals surface area (Å²) in [6.45, 7) is 6.84. The Labute approximate surface area is 195 Å². The minimum atomic E-state index is -0.262. The number of nitrogens with zero attached hydrogens (tertiary/aromatic N) is 4. The number of rotatable bonds is 4. The lowest BCUT2D eigenvalue weighted by Crippen LogP contribution is -2.40. The maximum atomic E-state index is 12.6. The molecular weight excluding hydrogens is 444 g/mol. The number of carbonyl (C=O) groups is 2. The molecule has 2 aliphatic heterocycles. The van der Waals surface area contributed by atoms with Gasteiger partial charge in [0.15, 0.2) is 6.61 Å². The minimum absolute atomic E-state index is 0.112. The first-order chi connectivity index (χ1) is 15.5. The molecule has 0 aliphatic carbocycles. The van der Waals surface area contributed by atoms with Crippen molar-refractivity contribution in [2.45, 2.75) is 39.7 Å². The van der Waals surface area contributed by atoms with Crippen LogP contribution >= 0.6 is 22.7 Å². The Hall–Kier alpha value is -2.52. The molecule has 0 atom stereocenters. The second-order valence-corrected chi connectivity index (χ2v) is 10.7. The Balaban J connectivity index is 1.15. The van der Waals surface area contributed by atoms with Crippen LogP contribution in [-0.2, 0) is 27.3 Å². The zero-order valence-corrected chi connectivity index (χ0v) is 19.9. The first-order valence-corrected chi connectivity index (χ1v) is 12.7. The van der Waals surface area contributed by atoms with Gasteiger partial charge >= 0.3 is 5.97 Å². The van der Waals surface area contributed by atoms with Gasteiger partial charge in [0.2, 0.25) is 0 Å². The largest absolute Gasteiger partial charge is 0.455 e. The molecule has 0 N–H and O–H groups in total. The van der Waals surface area contributed by atoms with Gasteiger partial charge in [0, 0.05) is 35.9 Å². The van der Waals surface area contributed by atoms with Crippen molar-refractivity contribution >= 4 is 50.6 Å². The molecule has 2 aliphatic rings. The van der Waals surface area contributed by atoms with Crippen molar-refractivity contribution in [1.82, 2.24) is 14.9 Å². The van der Waals surface area contributed by atoms with Gasteiger partial charge in [-0.25, -0.2) is 9.97 Å². The molecular formula is C23H26N4O3S2. The van der Waals surface area contributed by atoms with Gasteiger partial charge in [-0.2, -0.15) is 0 Å². The quantitative estimate of drug-likeness (QED) is 0.541. The lowest BCUT2D eigenvalue weighted by atomic mass is 9.97. The van der Waals surface area contributed by atoms with Crippen LogP contribution < -0.4 is 4.90 Å². The van der Waals surface area contributed by atoms with Crippen molar-refractivity contribution in [2.24, 2.45) is 5.92 Å². The Morgan fingerprint density at radius 1 is 1.19 bits per heavy atom. The van der Waals surface area contributed by atoms with E-state index >= 15 is 0 Å². The summed E-state index contributed by atoms with van der Waals surface area (Å²) in [5.41, 5.74) is 2.44. The van der Waals surface area contributed by atoms with E-state index in [1.54, 1.807) is 33.9 Å². The third-order valence-electron chi connectivity index (χ3n) is 6.57. The van der Waals surface area contributed by atoms with Crippen molar-refractivity contribution < 1.29 is 14.3 Å². The van der Waals surface area contributed by atoms with Gasteiger partial charge in [-0.3, -0.25) is 9.59 Å². The number of amides is 1. The number of piperidine rings is 1. The SMILES string of the molecule is Cc1sc2ncnc(N3CCC(C(=O)OCC(=O)N4CCc5sccc5C4)CC3)c2c1C. The van der Waals surface area contributed by atoms with E-state index in [0.29, 0.717) is 25.9 Å². The summed E-state index contributed by atoms with van der Waals surface area (Å²) >= 11 is 3.44. The molecule has 1 saturated heterocycles. The van der Waals surface area contributed by atoms with Crippen molar-refractivity contribution in [3.63, 3.8) is 0 Å². The van der Waals surface area contributed by atoms with Crippen LogP contribution in [0.5, 0.6) is 0 Å². The maximum absolute atomic E-state index is 12.6. The fourth-order valence-electron chi connectivity index (χ4n) is 4.53. The van der Waals surface area contributed by atoms with Crippen LogP contribution in [0.25, 0.3) is 10.2 Å². The molecule has 0 saturated carbocycles. The van der Waals surface area contributed by atoms with E-state index in [-0.39, 0.29) is 24.4 Å². The molecule has 0 bridgehead atoms. The van der Waals surface area contributed by atoms with Gasteiger partial charge < -0.3 is 14.5 Å². The van der Waals surface area contributed by atoms with Gasteiger partial charge in [0.1, 0.15) is 17.0 Å². The zero-order chi connectivity index (χ0) is 22.2. The summed E-state index contributed by atoms with van der Waals surface area (Å²) in [7, 11) is 0. The standard InChI is InChI=1S/C23H26N4O3S2/c1-14-15(2)32-22-20(14)21(24-13-25-22)26-7-3-16(4-8-26)23(29)30-12-19(28)27-9-5-18-17(11-27)6-10-31-18/h6,10,13,16H,3-5,7-9,11-12H2,1-2H3. The molecule has 0 radical (unpaired) electrons. The zero-order valence-electron chi connectivity index (χ0n) is 18.3. The highest BCUT2D eigenvalue weighted by Gasteiger charge is 2.29. The monoisotopic (exact) mass is 470 g/mol.